The SMILES string of the molecule is COc1ccc(CCC(=O)N2CCN(C(=O)c3sc4ccccc4c3C)CC2)cc1. The molecule has 30 heavy (non-hydrogen) atoms. The summed E-state index contributed by atoms with van der Waals surface area (Å²) in [6.07, 6.45) is 1.19. The van der Waals surface area contributed by atoms with Gasteiger partial charge in [-0.3, -0.25) is 9.59 Å². The van der Waals surface area contributed by atoms with Crippen LogP contribution in [0.1, 0.15) is 27.2 Å². The zero-order valence-electron chi connectivity index (χ0n) is 17.4. The number of aryl methyl sites for hydroxylation is 2. The van der Waals surface area contributed by atoms with Crippen LogP contribution in [-0.2, 0) is 11.2 Å². The van der Waals surface area contributed by atoms with Crippen LogP contribution in [0.5, 0.6) is 5.75 Å². The minimum atomic E-state index is 0.0824. The van der Waals surface area contributed by atoms with E-state index in [2.05, 4.69) is 12.1 Å². The smallest absolute Gasteiger partial charge is 0.264 e. The Labute approximate surface area is 180 Å². The Hall–Kier alpha value is -2.86. The first-order valence-corrected chi connectivity index (χ1v) is 11.1. The van der Waals surface area contributed by atoms with Crippen LogP contribution in [0.3, 0.4) is 0 Å². The Bertz CT molecular complexity index is 1050. The molecule has 0 radical (unpaired) electrons. The van der Waals surface area contributed by atoms with Crippen molar-refractivity contribution in [2.75, 3.05) is 33.3 Å². The molecule has 3 aromatic rings. The lowest BCUT2D eigenvalue weighted by atomic mass is 10.1. The summed E-state index contributed by atoms with van der Waals surface area (Å²) in [5.41, 5.74) is 2.18. The lowest BCUT2D eigenvalue weighted by Crippen LogP contribution is -2.50. The molecule has 0 N–H and O–H groups in total. The number of methoxy groups -OCH3 is 1. The Balaban J connectivity index is 1.32. The first-order chi connectivity index (χ1) is 14.6. The molecule has 0 aliphatic carbocycles. The number of piperazine rings is 1. The fourth-order valence-electron chi connectivity index (χ4n) is 3.88. The first-order valence-electron chi connectivity index (χ1n) is 10.2. The number of benzene rings is 2. The van der Waals surface area contributed by atoms with Gasteiger partial charge in [-0.05, 0) is 48.1 Å². The quantitative estimate of drug-likeness (QED) is 0.621. The van der Waals surface area contributed by atoms with Gasteiger partial charge >= 0.3 is 0 Å². The summed E-state index contributed by atoms with van der Waals surface area (Å²) in [5.74, 6) is 1.05. The van der Waals surface area contributed by atoms with Gasteiger partial charge in [-0.2, -0.15) is 0 Å². The van der Waals surface area contributed by atoms with Crippen molar-refractivity contribution in [2.45, 2.75) is 19.8 Å². The Morgan fingerprint density at radius 1 is 0.967 bits per heavy atom. The molecule has 0 bridgehead atoms. The zero-order chi connectivity index (χ0) is 21.1. The number of carbonyl (C=O) groups is 2. The van der Waals surface area contributed by atoms with Crippen LogP contribution in [0.15, 0.2) is 48.5 Å². The standard InChI is InChI=1S/C24H26N2O3S/c1-17-20-5-3-4-6-21(20)30-23(17)24(28)26-15-13-25(14-16-26)22(27)12-9-18-7-10-19(29-2)11-8-18/h3-8,10-11H,9,12-16H2,1-2H3. The Morgan fingerprint density at radius 2 is 1.63 bits per heavy atom. The predicted molar refractivity (Wildman–Crippen MR) is 120 cm³/mol. The number of hydrogen-bond acceptors (Lipinski definition) is 4. The number of ether oxygens (including phenoxy) is 1. The van der Waals surface area contributed by atoms with Gasteiger partial charge in [0.2, 0.25) is 5.91 Å². The molecule has 0 saturated carbocycles. The van der Waals surface area contributed by atoms with Gasteiger partial charge < -0.3 is 14.5 Å². The van der Waals surface area contributed by atoms with E-state index in [0.29, 0.717) is 39.0 Å². The monoisotopic (exact) mass is 422 g/mol. The van der Waals surface area contributed by atoms with Crippen LogP contribution < -0.4 is 4.74 Å². The number of fused-ring (bicyclic) bond motifs is 1. The Kier molecular flexibility index (Phi) is 6.04. The van der Waals surface area contributed by atoms with Crippen molar-refractivity contribution in [3.8, 4) is 5.75 Å². The summed E-state index contributed by atoms with van der Waals surface area (Å²) >= 11 is 1.56. The molecule has 1 aromatic heterocycles. The molecule has 2 heterocycles. The van der Waals surface area contributed by atoms with Crippen LogP contribution in [0.4, 0.5) is 0 Å². The average Bonchev–Trinajstić information content (AvgIpc) is 3.14. The Morgan fingerprint density at radius 3 is 2.30 bits per heavy atom. The van der Waals surface area contributed by atoms with Crippen molar-refractivity contribution < 1.29 is 14.3 Å². The van der Waals surface area contributed by atoms with E-state index in [1.807, 2.05) is 53.1 Å². The summed E-state index contributed by atoms with van der Waals surface area (Å²) in [7, 11) is 1.64. The summed E-state index contributed by atoms with van der Waals surface area (Å²) < 4.78 is 6.31. The van der Waals surface area contributed by atoms with Gasteiger partial charge in [0, 0.05) is 37.3 Å². The van der Waals surface area contributed by atoms with E-state index >= 15 is 0 Å². The van der Waals surface area contributed by atoms with Crippen molar-refractivity contribution in [1.29, 1.82) is 0 Å². The van der Waals surface area contributed by atoms with Gasteiger partial charge in [-0.15, -0.1) is 11.3 Å². The molecule has 1 aliphatic rings. The molecule has 1 saturated heterocycles. The largest absolute Gasteiger partial charge is 0.497 e. The second-order valence-corrected chi connectivity index (χ2v) is 8.63. The van der Waals surface area contributed by atoms with E-state index in [1.54, 1.807) is 18.4 Å². The third kappa shape index (κ3) is 4.19. The van der Waals surface area contributed by atoms with Crippen molar-refractivity contribution in [3.05, 3.63) is 64.5 Å². The molecule has 6 heteroatoms. The maximum Gasteiger partial charge on any atom is 0.264 e. The van der Waals surface area contributed by atoms with Crippen molar-refractivity contribution in [3.63, 3.8) is 0 Å². The fourth-order valence-corrected chi connectivity index (χ4v) is 5.06. The highest BCUT2D eigenvalue weighted by Crippen LogP contribution is 2.31. The topological polar surface area (TPSA) is 49.9 Å². The number of nitrogens with zero attached hydrogens (tertiary/aromatic N) is 2. The zero-order valence-corrected chi connectivity index (χ0v) is 18.2. The van der Waals surface area contributed by atoms with Crippen molar-refractivity contribution in [1.82, 2.24) is 9.80 Å². The molecule has 156 valence electrons. The van der Waals surface area contributed by atoms with Gasteiger partial charge in [-0.25, -0.2) is 0 Å². The summed E-state index contributed by atoms with van der Waals surface area (Å²) in [6, 6.07) is 16.0. The third-order valence-electron chi connectivity index (χ3n) is 5.74. The van der Waals surface area contributed by atoms with E-state index in [9.17, 15) is 9.59 Å². The van der Waals surface area contributed by atoms with Gasteiger partial charge in [0.05, 0.1) is 12.0 Å². The highest BCUT2D eigenvalue weighted by atomic mass is 32.1. The molecule has 4 rings (SSSR count). The number of hydrogen-bond donors (Lipinski definition) is 0. The minimum Gasteiger partial charge on any atom is -0.497 e. The first kappa shape index (κ1) is 20.4. The van der Waals surface area contributed by atoms with Crippen LogP contribution in [0.25, 0.3) is 10.1 Å². The van der Waals surface area contributed by atoms with E-state index in [0.717, 1.165) is 31.8 Å². The molecular weight excluding hydrogens is 396 g/mol. The van der Waals surface area contributed by atoms with E-state index < -0.39 is 0 Å². The van der Waals surface area contributed by atoms with Gasteiger partial charge in [0.15, 0.2) is 0 Å². The van der Waals surface area contributed by atoms with Crippen molar-refractivity contribution >= 4 is 33.2 Å². The van der Waals surface area contributed by atoms with Crippen molar-refractivity contribution in [2.24, 2.45) is 0 Å². The van der Waals surface area contributed by atoms with Crippen LogP contribution in [0.2, 0.25) is 0 Å². The third-order valence-corrected chi connectivity index (χ3v) is 7.00. The van der Waals surface area contributed by atoms with Gasteiger partial charge in [0.1, 0.15) is 5.75 Å². The predicted octanol–water partition coefficient (Wildman–Crippen LogP) is 4.14. The lowest BCUT2D eigenvalue weighted by molar-refractivity contribution is -0.132. The molecule has 0 atom stereocenters. The summed E-state index contributed by atoms with van der Waals surface area (Å²) in [6.45, 7) is 4.38. The second-order valence-electron chi connectivity index (χ2n) is 7.57. The summed E-state index contributed by atoms with van der Waals surface area (Å²) in [4.78, 5) is 30.2. The molecule has 2 amide bonds. The lowest BCUT2D eigenvalue weighted by Gasteiger charge is -2.34. The molecule has 0 unspecified atom stereocenters. The van der Waals surface area contributed by atoms with Gasteiger partial charge in [0.25, 0.3) is 5.91 Å². The average molecular weight is 423 g/mol. The normalized spacial score (nSPS) is 14.2. The molecular formula is C24H26N2O3S. The number of amides is 2. The van der Waals surface area contributed by atoms with E-state index in [1.165, 1.54) is 0 Å². The molecule has 5 nitrogen and oxygen atoms in total. The molecule has 1 aliphatic heterocycles. The maximum absolute atomic E-state index is 13.1. The number of carbonyl (C=O) groups excluding carboxylic acids is 2. The minimum absolute atomic E-state index is 0.0824. The summed E-state index contributed by atoms with van der Waals surface area (Å²) in [5, 5.41) is 1.15. The van der Waals surface area contributed by atoms with Crippen LogP contribution >= 0.6 is 11.3 Å². The van der Waals surface area contributed by atoms with Crippen LogP contribution in [-0.4, -0.2) is 54.9 Å². The molecule has 1 fully saturated rings. The second kappa shape index (κ2) is 8.88. The number of thiophene rings is 1. The van der Waals surface area contributed by atoms with Gasteiger partial charge in [-0.1, -0.05) is 30.3 Å². The molecule has 2 aromatic carbocycles. The number of rotatable bonds is 5. The van der Waals surface area contributed by atoms with E-state index in [-0.39, 0.29) is 11.8 Å². The maximum atomic E-state index is 13.1. The fraction of sp³-hybridized carbons (Fsp3) is 0.333. The van der Waals surface area contributed by atoms with Crippen LogP contribution in [0, 0.1) is 6.92 Å². The highest BCUT2D eigenvalue weighted by molar-refractivity contribution is 7.21. The highest BCUT2D eigenvalue weighted by Gasteiger charge is 2.27. The van der Waals surface area contributed by atoms with E-state index in [4.69, 9.17) is 4.74 Å². The molecule has 0 spiro atoms.